The lowest BCUT2D eigenvalue weighted by atomic mass is 9.81. The third kappa shape index (κ3) is 4.34. The number of nitrogens with zero attached hydrogens (tertiary/aromatic N) is 1. The lowest BCUT2D eigenvalue weighted by molar-refractivity contribution is 0.661. The van der Waals surface area contributed by atoms with Crippen molar-refractivity contribution < 1.29 is 0 Å². The van der Waals surface area contributed by atoms with Gasteiger partial charge in [0, 0.05) is 38.0 Å². The monoisotopic (exact) mass is 641 g/mol. The van der Waals surface area contributed by atoms with Gasteiger partial charge in [0.05, 0.1) is 10.6 Å². The fourth-order valence-electron chi connectivity index (χ4n) is 7.91. The highest BCUT2D eigenvalue weighted by molar-refractivity contribution is 7.19. The minimum absolute atomic E-state index is 0.0851. The summed E-state index contributed by atoms with van der Waals surface area (Å²) in [6, 6.07) is 45.5. The topological polar surface area (TPSA) is 4.93 Å². The van der Waals surface area contributed by atoms with Gasteiger partial charge in [0.15, 0.2) is 0 Å². The first-order chi connectivity index (χ1) is 22.8. The molecule has 3 heterocycles. The predicted molar refractivity (Wildman–Crippen MR) is 205 cm³/mol. The first-order valence-corrected chi connectivity index (χ1v) is 18.0. The van der Waals surface area contributed by atoms with E-state index in [-0.39, 0.29) is 5.41 Å². The Balaban J connectivity index is 1.05. The van der Waals surface area contributed by atoms with E-state index in [0.717, 1.165) is 0 Å². The van der Waals surface area contributed by atoms with E-state index in [2.05, 4.69) is 161 Å². The van der Waals surface area contributed by atoms with E-state index in [0.29, 0.717) is 0 Å². The largest absolute Gasteiger partial charge is 0.343 e. The summed E-state index contributed by atoms with van der Waals surface area (Å²) in [7, 11) is 2.17. The highest BCUT2D eigenvalue weighted by Gasteiger charge is 2.36. The Hall–Kier alpha value is -4.70. The molecule has 3 aromatic heterocycles. The molecule has 1 aliphatic rings. The minimum Gasteiger partial charge on any atom is -0.343 e. The van der Waals surface area contributed by atoms with Gasteiger partial charge in [-0.15, -0.1) is 22.7 Å². The van der Waals surface area contributed by atoms with Gasteiger partial charge in [-0.25, -0.2) is 0 Å². The van der Waals surface area contributed by atoms with Crippen LogP contribution in [-0.4, -0.2) is 4.57 Å². The maximum atomic E-state index is 2.45. The number of aryl methyl sites for hydroxylation is 3. The van der Waals surface area contributed by atoms with Crippen LogP contribution in [-0.2, 0) is 12.5 Å². The van der Waals surface area contributed by atoms with Gasteiger partial charge in [-0.3, -0.25) is 0 Å². The van der Waals surface area contributed by atoms with E-state index in [9.17, 15) is 0 Å². The molecule has 0 fully saturated rings. The Labute approximate surface area is 284 Å². The van der Waals surface area contributed by atoms with Gasteiger partial charge in [-0.05, 0) is 123 Å². The summed E-state index contributed by atoms with van der Waals surface area (Å²) in [5.74, 6) is 0. The van der Waals surface area contributed by atoms with Crippen molar-refractivity contribution in [2.45, 2.75) is 33.1 Å². The van der Waals surface area contributed by atoms with Gasteiger partial charge in [0.1, 0.15) is 0 Å². The second kappa shape index (κ2) is 10.4. The molecule has 0 spiro atoms. The van der Waals surface area contributed by atoms with Crippen LogP contribution in [0.2, 0.25) is 0 Å². The number of thiophene rings is 2. The molecule has 0 radical (unpaired) electrons. The first-order valence-electron chi connectivity index (χ1n) is 16.3. The molecule has 3 heteroatoms. The summed E-state index contributed by atoms with van der Waals surface area (Å²) in [4.78, 5) is 5.27. The fourth-order valence-corrected chi connectivity index (χ4v) is 10.1. The summed E-state index contributed by atoms with van der Waals surface area (Å²) in [6.45, 7) is 9.30. The van der Waals surface area contributed by atoms with Crippen LogP contribution in [0.3, 0.4) is 0 Å². The van der Waals surface area contributed by atoms with Crippen LogP contribution in [0.1, 0.15) is 36.1 Å². The number of hydrogen-bond acceptors (Lipinski definition) is 2. The second-order valence-electron chi connectivity index (χ2n) is 13.5. The molecule has 0 saturated heterocycles. The van der Waals surface area contributed by atoms with Crippen molar-refractivity contribution in [1.82, 2.24) is 4.57 Å². The molecular formula is C44H35NS2. The Morgan fingerprint density at radius 3 is 1.81 bits per heavy atom. The summed E-state index contributed by atoms with van der Waals surface area (Å²) >= 11 is 3.79. The Morgan fingerprint density at radius 1 is 0.553 bits per heavy atom. The lowest BCUT2D eigenvalue weighted by Gasteiger charge is -2.22. The molecule has 0 N–H and O–H groups in total. The fraction of sp³-hybridized carbons (Fsp3) is 0.136. The molecule has 0 unspecified atom stereocenters. The maximum absolute atomic E-state index is 2.45. The molecule has 228 valence electrons. The first kappa shape index (κ1) is 28.5. The quantitative estimate of drug-likeness (QED) is 0.180. The minimum atomic E-state index is -0.0851. The lowest BCUT2D eigenvalue weighted by Crippen LogP contribution is -2.15. The average molecular weight is 642 g/mol. The zero-order valence-corrected chi connectivity index (χ0v) is 28.9. The second-order valence-corrected chi connectivity index (χ2v) is 15.7. The van der Waals surface area contributed by atoms with Gasteiger partial charge in [0.2, 0.25) is 0 Å². The number of fused-ring (bicyclic) bond motifs is 5. The van der Waals surface area contributed by atoms with E-state index in [1.165, 1.54) is 96.9 Å². The summed E-state index contributed by atoms with van der Waals surface area (Å²) < 4.78 is 2.31. The van der Waals surface area contributed by atoms with Crippen LogP contribution in [0.4, 0.5) is 0 Å². The molecule has 8 aromatic rings. The SMILES string of the molecule is Cc1cc2ccccc2c(C)c1-c1ccc(-c2ccc3c(c2)C(C)(C)c2cc(-c4ccc(-c5cc6ccccc6n5C)s4)ccc2-3)s1. The predicted octanol–water partition coefficient (Wildman–Crippen LogP) is 13.0. The molecule has 5 aromatic carbocycles. The Bertz CT molecular complexity index is 2530. The van der Waals surface area contributed by atoms with E-state index in [4.69, 9.17) is 0 Å². The van der Waals surface area contributed by atoms with Gasteiger partial charge in [-0.1, -0.05) is 86.6 Å². The third-order valence-corrected chi connectivity index (χ3v) is 12.7. The van der Waals surface area contributed by atoms with Crippen molar-refractivity contribution in [2.24, 2.45) is 7.05 Å². The van der Waals surface area contributed by atoms with Gasteiger partial charge in [-0.2, -0.15) is 0 Å². The van der Waals surface area contributed by atoms with Gasteiger partial charge >= 0.3 is 0 Å². The zero-order valence-electron chi connectivity index (χ0n) is 27.3. The molecule has 47 heavy (non-hydrogen) atoms. The van der Waals surface area contributed by atoms with E-state index >= 15 is 0 Å². The standard InChI is InChI=1S/C44H35NS2/c1-26-22-28-10-6-8-12-32(28)27(2)43(26)42-21-19-40(47-42)31-15-17-34-33-16-14-30(23-35(33)44(3,4)36(34)24-31)39-18-20-41(46-39)38-25-29-11-7-9-13-37(29)45(38)5/h6-25H,1-5H3. The van der Waals surface area contributed by atoms with Crippen molar-refractivity contribution in [3.63, 3.8) is 0 Å². The summed E-state index contributed by atoms with van der Waals surface area (Å²) in [6.07, 6.45) is 0. The summed E-state index contributed by atoms with van der Waals surface area (Å²) in [5.41, 5.74) is 14.7. The maximum Gasteiger partial charge on any atom is 0.0590 e. The molecule has 0 bridgehead atoms. The van der Waals surface area contributed by atoms with E-state index < -0.39 is 0 Å². The third-order valence-electron chi connectivity index (χ3n) is 10.4. The van der Waals surface area contributed by atoms with Crippen LogP contribution in [0.25, 0.3) is 74.7 Å². The molecule has 1 aliphatic carbocycles. The number of benzene rings is 5. The van der Waals surface area contributed by atoms with Crippen LogP contribution in [0.5, 0.6) is 0 Å². The van der Waals surface area contributed by atoms with Crippen molar-refractivity contribution in [3.05, 3.63) is 144 Å². The summed E-state index contributed by atoms with van der Waals surface area (Å²) in [5, 5.41) is 3.94. The van der Waals surface area contributed by atoms with Crippen molar-refractivity contribution in [3.8, 4) is 53.0 Å². The van der Waals surface area contributed by atoms with Crippen molar-refractivity contribution >= 4 is 44.3 Å². The normalized spacial score (nSPS) is 13.4. The van der Waals surface area contributed by atoms with Crippen molar-refractivity contribution in [2.75, 3.05) is 0 Å². The van der Waals surface area contributed by atoms with Crippen molar-refractivity contribution in [1.29, 1.82) is 0 Å². The molecule has 0 aliphatic heterocycles. The Morgan fingerprint density at radius 2 is 1.13 bits per heavy atom. The molecule has 9 rings (SSSR count). The molecule has 1 nitrogen and oxygen atoms in total. The molecule has 0 saturated carbocycles. The molecular weight excluding hydrogens is 607 g/mol. The zero-order chi connectivity index (χ0) is 32.0. The number of hydrogen-bond donors (Lipinski definition) is 0. The smallest absolute Gasteiger partial charge is 0.0590 e. The van der Waals surface area contributed by atoms with Crippen LogP contribution >= 0.6 is 22.7 Å². The van der Waals surface area contributed by atoms with Gasteiger partial charge < -0.3 is 4.57 Å². The molecule has 0 amide bonds. The van der Waals surface area contributed by atoms with Crippen LogP contribution in [0, 0.1) is 13.8 Å². The number of aromatic nitrogens is 1. The van der Waals surface area contributed by atoms with E-state index in [1.807, 2.05) is 22.7 Å². The molecule has 0 atom stereocenters. The highest BCUT2D eigenvalue weighted by atomic mass is 32.1. The van der Waals surface area contributed by atoms with Crippen LogP contribution in [0.15, 0.2) is 121 Å². The van der Waals surface area contributed by atoms with E-state index in [1.54, 1.807) is 0 Å². The average Bonchev–Trinajstić information content (AvgIpc) is 3.87. The highest BCUT2D eigenvalue weighted by Crippen LogP contribution is 2.52. The number of rotatable bonds is 4. The van der Waals surface area contributed by atoms with Crippen LogP contribution < -0.4 is 0 Å². The Kier molecular flexibility index (Phi) is 6.31. The van der Waals surface area contributed by atoms with Gasteiger partial charge in [0.25, 0.3) is 0 Å². The number of para-hydroxylation sites is 1.